The van der Waals surface area contributed by atoms with Crippen molar-refractivity contribution in [2.24, 2.45) is 0 Å². The van der Waals surface area contributed by atoms with Gasteiger partial charge in [-0.3, -0.25) is 24.2 Å². The first-order valence-corrected chi connectivity index (χ1v) is 20.4. The van der Waals surface area contributed by atoms with E-state index < -0.39 is 5.97 Å². The molecule has 0 aliphatic carbocycles. The second-order valence-corrected chi connectivity index (χ2v) is 15.6. The van der Waals surface area contributed by atoms with Crippen molar-refractivity contribution in [3.05, 3.63) is 176 Å². The summed E-state index contributed by atoms with van der Waals surface area (Å²) in [5.74, 6) is -0.909. The Morgan fingerprint density at radius 3 is 1.49 bits per heavy atom. The summed E-state index contributed by atoms with van der Waals surface area (Å²) in [5, 5.41) is 18.2. The molecule has 2 atom stereocenters. The number of carboxylic acid groups (broad SMARTS) is 1. The quantitative estimate of drug-likeness (QED) is 0.103. The molecule has 4 N–H and O–H groups in total. The van der Waals surface area contributed by atoms with E-state index in [0.29, 0.717) is 12.1 Å². The second kappa shape index (κ2) is 20.0. The number of nitrogens with one attached hydrogen (secondary N) is 3. The van der Waals surface area contributed by atoms with Gasteiger partial charge in [-0.15, -0.1) is 0 Å². The Morgan fingerprint density at radius 1 is 0.576 bits per heavy atom. The Hall–Kier alpha value is -6.10. The maximum atomic E-state index is 12.9. The first-order chi connectivity index (χ1) is 28.4. The highest BCUT2D eigenvalue weighted by molar-refractivity contribution is 5.96. The molecule has 2 heterocycles. The number of carbonyl (C=O) groups is 4. The summed E-state index contributed by atoms with van der Waals surface area (Å²) in [6.45, 7) is 12.6. The van der Waals surface area contributed by atoms with Crippen LogP contribution in [0.5, 0.6) is 0 Å². The lowest BCUT2D eigenvalue weighted by molar-refractivity contribution is -0.120. The van der Waals surface area contributed by atoms with Crippen LogP contribution < -0.4 is 16.0 Å². The van der Waals surface area contributed by atoms with Gasteiger partial charge in [-0.1, -0.05) is 103 Å². The van der Waals surface area contributed by atoms with Gasteiger partial charge in [-0.25, -0.2) is 4.79 Å². The third kappa shape index (κ3) is 11.7. The van der Waals surface area contributed by atoms with E-state index >= 15 is 0 Å². The van der Waals surface area contributed by atoms with Gasteiger partial charge in [-0.2, -0.15) is 0 Å². The summed E-state index contributed by atoms with van der Waals surface area (Å²) >= 11 is 0. The lowest BCUT2D eigenvalue weighted by Gasteiger charge is -2.30. The first kappa shape index (κ1) is 42.5. The number of carbonyl (C=O) groups excluding carboxylic acids is 3. The molecule has 5 aromatic carbocycles. The second-order valence-electron chi connectivity index (χ2n) is 15.6. The summed E-state index contributed by atoms with van der Waals surface area (Å²) in [7, 11) is 0. The van der Waals surface area contributed by atoms with Crippen LogP contribution in [0.25, 0.3) is 0 Å². The Bertz CT molecular complexity index is 2240. The van der Waals surface area contributed by atoms with E-state index in [-0.39, 0.29) is 29.8 Å². The van der Waals surface area contributed by atoms with Crippen molar-refractivity contribution < 1.29 is 24.3 Å². The molecule has 306 valence electrons. The maximum Gasteiger partial charge on any atom is 0.335 e. The third-order valence-electron chi connectivity index (χ3n) is 11.1. The van der Waals surface area contributed by atoms with E-state index in [4.69, 9.17) is 0 Å². The van der Waals surface area contributed by atoms with Gasteiger partial charge in [-0.05, 0) is 88.9 Å². The molecule has 5 aromatic rings. The molecule has 0 spiro atoms. The minimum Gasteiger partial charge on any atom is -0.478 e. The SMILES string of the molecule is CC(=O)N[C@@H](C)c1ccc(CN2CCc3c(cccc3C(=O)NCc3ccccc3)C2)cc1.CC(=O)N[C@@H](C)c1ccc(CN2CCc3c(cccc3C(=O)O)C2)cc1. The number of rotatable bonds is 12. The monoisotopic (exact) mass is 793 g/mol. The van der Waals surface area contributed by atoms with Crippen LogP contribution in [0.2, 0.25) is 0 Å². The largest absolute Gasteiger partial charge is 0.478 e. The number of fused-ring (bicyclic) bond motifs is 2. The number of hydrogen-bond donors (Lipinski definition) is 4. The first-order valence-electron chi connectivity index (χ1n) is 20.4. The maximum absolute atomic E-state index is 12.9. The average Bonchev–Trinajstić information content (AvgIpc) is 3.23. The Balaban J connectivity index is 0.000000204. The van der Waals surface area contributed by atoms with E-state index in [1.165, 1.54) is 36.1 Å². The average molecular weight is 794 g/mol. The minimum atomic E-state index is -0.848. The smallest absolute Gasteiger partial charge is 0.335 e. The van der Waals surface area contributed by atoms with Crippen LogP contribution >= 0.6 is 0 Å². The molecular formula is C49H55N5O5. The zero-order valence-corrected chi connectivity index (χ0v) is 34.5. The van der Waals surface area contributed by atoms with Crippen LogP contribution in [0.4, 0.5) is 0 Å². The highest BCUT2D eigenvalue weighted by atomic mass is 16.4. The van der Waals surface area contributed by atoms with Crippen molar-refractivity contribution in [3.63, 3.8) is 0 Å². The summed E-state index contributed by atoms with van der Waals surface area (Å²) in [6, 6.07) is 38.3. The van der Waals surface area contributed by atoms with Crippen LogP contribution in [-0.4, -0.2) is 51.7 Å². The number of amides is 3. The molecule has 0 bridgehead atoms. The van der Waals surface area contributed by atoms with Crippen molar-refractivity contribution in [1.82, 2.24) is 25.8 Å². The lowest BCUT2D eigenvalue weighted by atomic mass is 9.93. The number of aromatic carboxylic acids is 1. The van der Waals surface area contributed by atoms with Gasteiger partial charge in [0.25, 0.3) is 5.91 Å². The fourth-order valence-electron chi connectivity index (χ4n) is 8.01. The molecule has 2 aliphatic rings. The molecular weight excluding hydrogens is 739 g/mol. The fraction of sp³-hybridized carbons (Fsp3) is 0.306. The Morgan fingerprint density at radius 2 is 1.03 bits per heavy atom. The molecule has 0 unspecified atom stereocenters. The zero-order valence-electron chi connectivity index (χ0n) is 34.5. The molecule has 59 heavy (non-hydrogen) atoms. The van der Waals surface area contributed by atoms with Crippen molar-refractivity contribution in [1.29, 1.82) is 0 Å². The number of nitrogens with zero attached hydrogens (tertiary/aromatic N) is 2. The van der Waals surface area contributed by atoms with Crippen LogP contribution in [0.1, 0.15) is 111 Å². The molecule has 3 amide bonds. The lowest BCUT2D eigenvalue weighted by Crippen LogP contribution is -2.32. The van der Waals surface area contributed by atoms with Gasteiger partial charge in [0.15, 0.2) is 0 Å². The third-order valence-corrected chi connectivity index (χ3v) is 11.1. The number of hydrogen-bond acceptors (Lipinski definition) is 6. The minimum absolute atomic E-state index is 0.00199. The molecule has 0 saturated carbocycles. The van der Waals surface area contributed by atoms with Crippen molar-refractivity contribution in [3.8, 4) is 0 Å². The normalized spacial score (nSPS) is 14.6. The van der Waals surface area contributed by atoms with Gasteiger partial charge < -0.3 is 21.1 Å². The van der Waals surface area contributed by atoms with E-state index in [2.05, 4.69) is 80.3 Å². The summed E-state index contributed by atoms with van der Waals surface area (Å²) in [4.78, 5) is 51.4. The van der Waals surface area contributed by atoms with E-state index in [1.807, 2.05) is 68.4 Å². The van der Waals surface area contributed by atoms with Crippen molar-refractivity contribution >= 4 is 23.7 Å². The van der Waals surface area contributed by atoms with Gasteiger partial charge >= 0.3 is 5.97 Å². The Labute approximate surface area is 347 Å². The van der Waals surface area contributed by atoms with Gasteiger partial charge in [0.1, 0.15) is 0 Å². The highest BCUT2D eigenvalue weighted by Gasteiger charge is 2.23. The predicted octanol–water partition coefficient (Wildman–Crippen LogP) is 7.51. The van der Waals surface area contributed by atoms with Crippen LogP contribution in [-0.2, 0) is 55.2 Å². The zero-order chi connectivity index (χ0) is 41.9. The van der Waals surface area contributed by atoms with Gasteiger partial charge in [0.05, 0.1) is 17.6 Å². The van der Waals surface area contributed by atoms with Crippen LogP contribution in [0.3, 0.4) is 0 Å². The molecule has 0 fully saturated rings. The molecule has 2 aliphatic heterocycles. The summed E-state index contributed by atoms with van der Waals surface area (Å²) < 4.78 is 0. The fourth-order valence-corrected chi connectivity index (χ4v) is 8.01. The standard InChI is InChI=1S/C28H31N3O2.C21H24N2O3/c1-20(30-21(2)32)24-13-11-23(12-14-24)18-31-16-15-26-25(19-31)9-6-10-27(26)28(33)29-17-22-7-4-3-5-8-22;1-14(22-15(2)24)17-8-6-16(7-9-17)12-23-11-10-19-18(13-23)4-3-5-20(19)21(25)26/h3-14,20H,15-19H2,1-2H3,(H,29,33)(H,30,32);3-9,14H,10-13H2,1-2H3,(H,22,24)(H,25,26)/t20-;14-/m00/s1. The summed E-state index contributed by atoms with van der Waals surface area (Å²) in [6.07, 6.45) is 1.62. The molecule has 10 nitrogen and oxygen atoms in total. The molecule has 10 heteroatoms. The molecule has 0 radical (unpaired) electrons. The number of benzene rings is 5. The van der Waals surface area contributed by atoms with Crippen LogP contribution in [0.15, 0.2) is 115 Å². The van der Waals surface area contributed by atoms with Crippen molar-refractivity contribution in [2.75, 3.05) is 13.1 Å². The molecule has 7 rings (SSSR count). The number of carboxylic acids is 1. The van der Waals surface area contributed by atoms with Crippen LogP contribution in [0, 0.1) is 0 Å². The molecule has 0 aromatic heterocycles. The van der Waals surface area contributed by atoms with E-state index in [0.717, 1.165) is 85.5 Å². The summed E-state index contributed by atoms with van der Waals surface area (Å²) in [5.41, 5.74) is 11.4. The Kier molecular flexibility index (Phi) is 14.4. The van der Waals surface area contributed by atoms with E-state index in [1.54, 1.807) is 6.07 Å². The molecule has 0 saturated heterocycles. The van der Waals surface area contributed by atoms with E-state index in [9.17, 15) is 24.3 Å². The van der Waals surface area contributed by atoms with Gasteiger partial charge in [0, 0.05) is 65.2 Å². The van der Waals surface area contributed by atoms with Gasteiger partial charge in [0.2, 0.25) is 11.8 Å². The highest BCUT2D eigenvalue weighted by Crippen LogP contribution is 2.26. The van der Waals surface area contributed by atoms with Crippen molar-refractivity contribution in [2.45, 2.75) is 85.3 Å². The predicted molar refractivity (Wildman–Crippen MR) is 230 cm³/mol. The topological polar surface area (TPSA) is 131 Å².